The van der Waals surface area contributed by atoms with Crippen LogP contribution in [0.25, 0.3) is 0 Å². The van der Waals surface area contributed by atoms with Crippen LogP contribution in [-0.2, 0) is 16.4 Å². The molecule has 0 aliphatic heterocycles. The SMILES string of the molecule is CN=C(NCCCS(C)(=O)=O)NCc1ccc(C)cc1Oc1ccccc1. The third kappa shape index (κ3) is 7.70. The van der Waals surface area contributed by atoms with Crippen LogP contribution < -0.4 is 15.4 Å². The van der Waals surface area contributed by atoms with E-state index >= 15 is 0 Å². The van der Waals surface area contributed by atoms with E-state index in [1.807, 2.05) is 55.5 Å². The molecule has 0 aliphatic carbocycles. The lowest BCUT2D eigenvalue weighted by Gasteiger charge is -2.15. The highest BCUT2D eigenvalue weighted by Gasteiger charge is 2.07. The number of ether oxygens (including phenoxy) is 1. The lowest BCUT2D eigenvalue weighted by Crippen LogP contribution is -2.37. The van der Waals surface area contributed by atoms with Crippen LogP contribution in [0, 0.1) is 6.92 Å². The van der Waals surface area contributed by atoms with Crippen molar-refractivity contribution in [2.45, 2.75) is 19.9 Å². The van der Waals surface area contributed by atoms with Crippen molar-refractivity contribution in [2.24, 2.45) is 4.99 Å². The molecule has 27 heavy (non-hydrogen) atoms. The summed E-state index contributed by atoms with van der Waals surface area (Å²) in [7, 11) is -1.26. The number of nitrogens with zero attached hydrogens (tertiary/aromatic N) is 1. The summed E-state index contributed by atoms with van der Waals surface area (Å²) in [6.45, 7) is 3.10. The van der Waals surface area contributed by atoms with Crippen LogP contribution in [-0.4, -0.2) is 40.0 Å². The Morgan fingerprint density at radius 1 is 1.11 bits per heavy atom. The van der Waals surface area contributed by atoms with E-state index < -0.39 is 9.84 Å². The molecule has 0 heterocycles. The van der Waals surface area contributed by atoms with E-state index in [1.54, 1.807) is 7.05 Å². The highest BCUT2D eigenvalue weighted by molar-refractivity contribution is 7.90. The summed E-state index contributed by atoms with van der Waals surface area (Å²) in [5.41, 5.74) is 2.12. The number of hydrogen-bond donors (Lipinski definition) is 2. The molecule has 0 saturated carbocycles. The number of aliphatic imine (C=N–C) groups is 1. The molecule has 0 unspecified atom stereocenters. The van der Waals surface area contributed by atoms with E-state index in [0.29, 0.717) is 25.5 Å². The summed E-state index contributed by atoms with van der Waals surface area (Å²) in [5.74, 6) is 2.35. The molecule has 2 rings (SSSR count). The molecule has 2 aromatic carbocycles. The van der Waals surface area contributed by atoms with E-state index in [2.05, 4.69) is 15.6 Å². The van der Waals surface area contributed by atoms with Gasteiger partial charge in [-0.2, -0.15) is 0 Å². The van der Waals surface area contributed by atoms with E-state index in [0.717, 1.165) is 22.6 Å². The third-order valence-corrected chi connectivity index (χ3v) is 4.88. The molecule has 2 N–H and O–H groups in total. The number of para-hydroxylation sites is 1. The molecule has 2 aromatic rings. The molecule has 0 saturated heterocycles. The Bertz CT molecular complexity index is 865. The number of sulfone groups is 1. The Balaban J connectivity index is 1.95. The summed E-state index contributed by atoms with van der Waals surface area (Å²) >= 11 is 0. The Morgan fingerprint density at radius 2 is 1.85 bits per heavy atom. The fourth-order valence-electron chi connectivity index (χ4n) is 2.46. The number of nitrogens with one attached hydrogen (secondary N) is 2. The van der Waals surface area contributed by atoms with Crippen molar-refractivity contribution in [3.05, 3.63) is 59.7 Å². The van der Waals surface area contributed by atoms with Gasteiger partial charge in [0.05, 0.1) is 5.75 Å². The van der Waals surface area contributed by atoms with Crippen molar-refractivity contribution in [1.82, 2.24) is 10.6 Å². The molecular formula is C20H27N3O3S. The van der Waals surface area contributed by atoms with Gasteiger partial charge in [0.25, 0.3) is 0 Å². The van der Waals surface area contributed by atoms with Crippen LogP contribution in [0.3, 0.4) is 0 Å². The predicted octanol–water partition coefficient (Wildman–Crippen LogP) is 2.89. The highest BCUT2D eigenvalue weighted by atomic mass is 32.2. The third-order valence-electron chi connectivity index (χ3n) is 3.85. The van der Waals surface area contributed by atoms with Gasteiger partial charge >= 0.3 is 0 Å². The molecule has 0 aromatic heterocycles. The highest BCUT2D eigenvalue weighted by Crippen LogP contribution is 2.26. The fraction of sp³-hybridized carbons (Fsp3) is 0.350. The number of benzene rings is 2. The first-order chi connectivity index (χ1) is 12.9. The lowest BCUT2D eigenvalue weighted by atomic mass is 10.1. The molecule has 0 spiro atoms. The average Bonchev–Trinajstić information content (AvgIpc) is 2.62. The second kappa shape index (κ2) is 9.97. The van der Waals surface area contributed by atoms with Crippen LogP contribution in [0.15, 0.2) is 53.5 Å². The number of guanidine groups is 1. The van der Waals surface area contributed by atoms with Crippen LogP contribution in [0.5, 0.6) is 11.5 Å². The van der Waals surface area contributed by atoms with Gasteiger partial charge in [0.2, 0.25) is 0 Å². The minimum atomic E-state index is -2.94. The summed E-state index contributed by atoms with van der Waals surface area (Å²) in [4.78, 5) is 4.17. The second-order valence-corrected chi connectivity index (χ2v) is 8.62. The maximum atomic E-state index is 11.2. The van der Waals surface area contributed by atoms with Gasteiger partial charge in [-0.15, -0.1) is 0 Å². The topological polar surface area (TPSA) is 79.8 Å². The first-order valence-corrected chi connectivity index (χ1v) is 10.9. The normalized spacial score (nSPS) is 11.9. The summed E-state index contributed by atoms with van der Waals surface area (Å²) in [6.07, 6.45) is 1.78. The second-order valence-electron chi connectivity index (χ2n) is 6.36. The van der Waals surface area contributed by atoms with Gasteiger partial charge in [-0.05, 0) is 37.1 Å². The van der Waals surface area contributed by atoms with E-state index in [4.69, 9.17) is 4.74 Å². The van der Waals surface area contributed by atoms with Gasteiger partial charge in [0, 0.05) is 32.0 Å². The smallest absolute Gasteiger partial charge is 0.191 e. The van der Waals surface area contributed by atoms with Crippen LogP contribution >= 0.6 is 0 Å². The minimum Gasteiger partial charge on any atom is -0.457 e. The zero-order valence-electron chi connectivity index (χ0n) is 16.0. The van der Waals surface area contributed by atoms with Gasteiger partial charge in [0.1, 0.15) is 21.3 Å². The maximum absolute atomic E-state index is 11.2. The van der Waals surface area contributed by atoms with Crippen LogP contribution in [0.1, 0.15) is 17.5 Å². The first kappa shape index (κ1) is 20.8. The monoisotopic (exact) mass is 389 g/mol. The van der Waals surface area contributed by atoms with Crippen molar-refractivity contribution in [3.8, 4) is 11.5 Å². The zero-order valence-corrected chi connectivity index (χ0v) is 16.8. The molecule has 7 heteroatoms. The van der Waals surface area contributed by atoms with E-state index in [1.165, 1.54) is 6.26 Å². The number of aryl methyl sites for hydroxylation is 1. The van der Waals surface area contributed by atoms with E-state index in [-0.39, 0.29) is 5.75 Å². The Hall–Kier alpha value is -2.54. The minimum absolute atomic E-state index is 0.157. The van der Waals surface area contributed by atoms with Crippen molar-refractivity contribution >= 4 is 15.8 Å². The first-order valence-electron chi connectivity index (χ1n) is 8.82. The van der Waals surface area contributed by atoms with Gasteiger partial charge in [-0.1, -0.05) is 30.3 Å². The van der Waals surface area contributed by atoms with Crippen LogP contribution in [0.4, 0.5) is 0 Å². The summed E-state index contributed by atoms with van der Waals surface area (Å²) in [5, 5.41) is 6.36. The maximum Gasteiger partial charge on any atom is 0.191 e. The molecule has 0 fully saturated rings. The van der Waals surface area contributed by atoms with Crippen molar-refractivity contribution in [3.63, 3.8) is 0 Å². The molecule has 6 nitrogen and oxygen atoms in total. The van der Waals surface area contributed by atoms with Gasteiger partial charge in [-0.25, -0.2) is 8.42 Å². The predicted molar refractivity (Wildman–Crippen MR) is 110 cm³/mol. The zero-order chi connectivity index (χ0) is 19.7. The van der Waals surface area contributed by atoms with Gasteiger partial charge in [-0.3, -0.25) is 4.99 Å². The van der Waals surface area contributed by atoms with Crippen LogP contribution in [0.2, 0.25) is 0 Å². The van der Waals surface area contributed by atoms with Crippen molar-refractivity contribution in [2.75, 3.05) is 25.6 Å². The van der Waals surface area contributed by atoms with Crippen molar-refractivity contribution in [1.29, 1.82) is 0 Å². The van der Waals surface area contributed by atoms with Gasteiger partial charge < -0.3 is 15.4 Å². The molecule has 0 aliphatic rings. The average molecular weight is 390 g/mol. The Kier molecular flexibility index (Phi) is 7.67. The number of rotatable bonds is 8. The molecule has 0 atom stereocenters. The summed E-state index contributed by atoms with van der Waals surface area (Å²) < 4.78 is 28.4. The number of hydrogen-bond acceptors (Lipinski definition) is 4. The Labute approximate surface area is 161 Å². The fourth-order valence-corrected chi connectivity index (χ4v) is 3.13. The molecule has 0 radical (unpaired) electrons. The molecular weight excluding hydrogens is 362 g/mol. The van der Waals surface area contributed by atoms with E-state index in [9.17, 15) is 8.42 Å². The quantitative estimate of drug-likeness (QED) is 0.412. The largest absolute Gasteiger partial charge is 0.457 e. The Morgan fingerprint density at radius 3 is 2.52 bits per heavy atom. The lowest BCUT2D eigenvalue weighted by molar-refractivity contribution is 0.474. The van der Waals surface area contributed by atoms with Gasteiger partial charge in [0.15, 0.2) is 5.96 Å². The molecule has 0 amide bonds. The molecule has 146 valence electrons. The molecule has 0 bridgehead atoms. The standard InChI is InChI=1S/C20H27N3O3S/c1-16-10-11-17(19(14-16)26-18-8-5-4-6-9-18)15-23-20(21-2)22-12-7-13-27(3,24)25/h4-6,8-11,14H,7,12-13,15H2,1-3H3,(H2,21,22,23). The summed E-state index contributed by atoms with van der Waals surface area (Å²) in [6, 6.07) is 15.7. The van der Waals surface area contributed by atoms with Crippen molar-refractivity contribution < 1.29 is 13.2 Å².